The Morgan fingerprint density at radius 2 is 1.73 bits per heavy atom. The minimum Gasteiger partial charge on any atom is -0.465 e. The zero-order chi connectivity index (χ0) is 21.8. The van der Waals surface area contributed by atoms with Gasteiger partial charge in [0.05, 0.1) is 23.6 Å². The Labute approximate surface area is 172 Å². The van der Waals surface area contributed by atoms with E-state index in [2.05, 4.69) is 10.1 Å². The van der Waals surface area contributed by atoms with Crippen LogP contribution in [0.2, 0.25) is 0 Å². The predicted octanol–water partition coefficient (Wildman–Crippen LogP) is 2.56. The summed E-state index contributed by atoms with van der Waals surface area (Å²) in [7, 11) is 1.29. The van der Waals surface area contributed by atoms with Crippen molar-refractivity contribution in [3.8, 4) is 0 Å². The highest BCUT2D eigenvalue weighted by Gasteiger charge is 2.18. The van der Waals surface area contributed by atoms with Crippen molar-refractivity contribution in [1.82, 2.24) is 9.13 Å². The van der Waals surface area contributed by atoms with Crippen molar-refractivity contribution in [3.05, 3.63) is 74.9 Å². The molecule has 1 unspecified atom stereocenters. The first-order chi connectivity index (χ1) is 14.4. The number of carbonyl (C=O) groups excluding carboxylic acids is 2. The van der Waals surface area contributed by atoms with Crippen molar-refractivity contribution < 1.29 is 14.3 Å². The first-order valence-corrected chi connectivity index (χ1v) is 9.59. The van der Waals surface area contributed by atoms with Gasteiger partial charge in [0.25, 0.3) is 5.56 Å². The van der Waals surface area contributed by atoms with Crippen molar-refractivity contribution in [2.45, 2.75) is 32.9 Å². The molecule has 156 valence electrons. The second-order valence-electron chi connectivity index (χ2n) is 6.94. The highest BCUT2D eigenvalue weighted by Crippen LogP contribution is 2.13. The summed E-state index contributed by atoms with van der Waals surface area (Å²) in [6.07, 6.45) is 0.603. The molecule has 0 fully saturated rings. The van der Waals surface area contributed by atoms with Gasteiger partial charge in [-0.3, -0.25) is 18.7 Å². The van der Waals surface area contributed by atoms with E-state index in [1.807, 2.05) is 6.92 Å². The molecule has 1 N–H and O–H groups in total. The van der Waals surface area contributed by atoms with Gasteiger partial charge in [-0.25, -0.2) is 9.59 Å². The van der Waals surface area contributed by atoms with E-state index in [1.54, 1.807) is 43.3 Å². The van der Waals surface area contributed by atoms with Gasteiger partial charge in [0.2, 0.25) is 5.91 Å². The molecule has 1 heterocycles. The number of rotatable bonds is 6. The van der Waals surface area contributed by atoms with E-state index in [0.717, 1.165) is 0 Å². The quantitative estimate of drug-likeness (QED) is 0.631. The minimum atomic E-state index is -0.524. The van der Waals surface area contributed by atoms with Crippen LogP contribution in [0, 0.1) is 0 Å². The van der Waals surface area contributed by atoms with E-state index in [-0.39, 0.29) is 18.1 Å². The Kier molecular flexibility index (Phi) is 6.15. The van der Waals surface area contributed by atoms with Crippen LogP contribution in [0.1, 0.15) is 36.7 Å². The monoisotopic (exact) mass is 409 g/mol. The zero-order valence-electron chi connectivity index (χ0n) is 17.0. The summed E-state index contributed by atoms with van der Waals surface area (Å²) < 4.78 is 7.15. The lowest BCUT2D eigenvalue weighted by Crippen LogP contribution is -2.43. The summed E-state index contributed by atoms with van der Waals surface area (Å²) in [6, 6.07) is 12.7. The number of nitrogens with zero attached hydrogens (tertiary/aromatic N) is 2. The molecule has 1 amide bonds. The van der Waals surface area contributed by atoms with Crippen molar-refractivity contribution >= 4 is 28.5 Å². The Morgan fingerprint density at radius 3 is 2.37 bits per heavy atom. The summed E-state index contributed by atoms with van der Waals surface area (Å²) in [6.45, 7) is 3.43. The molecular formula is C22H23N3O5. The highest BCUT2D eigenvalue weighted by molar-refractivity contribution is 5.93. The summed E-state index contributed by atoms with van der Waals surface area (Å²) >= 11 is 0. The van der Waals surface area contributed by atoms with E-state index in [1.165, 1.54) is 28.4 Å². The van der Waals surface area contributed by atoms with Crippen LogP contribution in [0.3, 0.4) is 0 Å². The molecule has 3 aromatic rings. The number of hydrogen-bond donors (Lipinski definition) is 1. The normalized spacial score (nSPS) is 11.8. The predicted molar refractivity (Wildman–Crippen MR) is 114 cm³/mol. The number of fused-ring (bicyclic) bond motifs is 1. The number of amides is 1. The van der Waals surface area contributed by atoms with Gasteiger partial charge in [-0.1, -0.05) is 19.1 Å². The largest absolute Gasteiger partial charge is 0.465 e. The summed E-state index contributed by atoms with van der Waals surface area (Å²) in [4.78, 5) is 50.0. The Bertz CT molecular complexity index is 1210. The van der Waals surface area contributed by atoms with Crippen molar-refractivity contribution in [3.63, 3.8) is 0 Å². The van der Waals surface area contributed by atoms with Crippen molar-refractivity contribution in [2.75, 3.05) is 12.4 Å². The summed E-state index contributed by atoms with van der Waals surface area (Å²) in [5, 5.41) is 3.09. The van der Waals surface area contributed by atoms with Gasteiger partial charge in [0, 0.05) is 11.7 Å². The van der Waals surface area contributed by atoms with Gasteiger partial charge in [-0.15, -0.1) is 0 Å². The second-order valence-corrected chi connectivity index (χ2v) is 6.94. The number of ether oxygens (including phenoxy) is 1. The van der Waals surface area contributed by atoms with Crippen LogP contribution < -0.4 is 16.6 Å². The van der Waals surface area contributed by atoms with Gasteiger partial charge in [0.1, 0.15) is 6.54 Å². The van der Waals surface area contributed by atoms with Crippen LogP contribution in [0.25, 0.3) is 10.9 Å². The number of nitrogens with one attached hydrogen (secondary N) is 1. The zero-order valence-corrected chi connectivity index (χ0v) is 17.0. The van der Waals surface area contributed by atoms with Crippen molar-refractivity contribution in [1.29, 1.82) is 0 Å². The number of aromatic nitrogens is 2. The average molecular weight is 409 g/mol. The van der Waals surface area contributed by atoms with Crippen LogP contribution in [0.15, 0.2) is 58.1 Å². The van der Waals surface area contributed by atoms with Crippen LogP contribution in [-0.4, -0.2) is 28.1 Å². The Balaban J connectivity index is 1.95. The van der Waals surface area contributed by atoms with E-state index < -0.39 is 17.6 Å². The van der Waals surface area contributed by atoms with E-state index >= 15 is 0 Å². The lowest BCUT2D eigenvalue weighted by atomic mass is 10.2. The Hall–Kier alpha value is -3.68. The molecule has 0 spiro atoms. The molecule has 0 saturated heterocycles. The standard InChI is InChI=1S/C22H23N3O5/c1-4-14(2)25-20(27)17-7-5-6-8-18(17)24(22(25)29)13-19(26)23-16-11-9-15(10-12-16)21(28)30-3/h5-12,14H,4,13H2,1-3H3,(H,23,26). The van der Waals surface area contributed by atoms with Crippen molar-refractivity contribution in [2.24, 2.45) is 0 Å². The van der Waals surface area contributed by atoms with Gasteiger partial charge in [0.15, 0.2) is 0 Å². The third-order valence-corrected chi connectivity index (χ3v) is 5.00. The number of carbonyl (C=O) groups is 2. The third-order valence-electron chi connectivity index (χ3n) is 5.00. The van der Waals surface area contributed by atoms with Gasteiger partial charge >= 0.3 is 11.7 Å². The molecule has 0 aliphatic rings. The smallest absolute Gasteiger partial charge is 0.337 e. The fraction of sp³-hybridized carbons (Fsp3) is 0.273. The van der Waals surface area contributed by atoms with Gasteiger partial charge in [-0.2, -0.15) is 0 Å². The number of anilines is 1. The highest BCUT2D eigenvalue weighted by atomic mass is 16.5. The fourth-order valence-corrected chi connectivity index (χ4v) is 3.22. The molecule has 30 heavy (non-hydrogen) atoms. The van der Waals surface area contributed by atoms with E-state index in [0.29, 0.717) is 28.6 Å². The number of methoxy groups -OCH3 is 1. The maximum atomic E-state index is 13.0. The number of para-hydroxylation sites is 1. The molecule has 0 aliphatic heterocycles. The number of benzene rings is 2. The molecule has 8 nitrogen and oxygen atoms in total. The number of hydrogen-bond acceptors (Lipinski definition) is 5. The average Bonchev–Trinajstić information content (AvgIpc) is 2.76. The molecule has 0 saturated carbocycles. The van der Waals surface area contributed by atoms with E-state index in [4.69, 9.17) is 0 Å². The summed E-state index contributed by atoms with van der Waals surface area (Å²) in [5.74, 6) is -0.902. The maximum Gasteiger partial charge on any atom is 0.337 e. The first kappa shape index (κ1) is 21.0. The van der Waals surface area contributed by atoms with Crippen LogP contribution in [0.4, 0.5) is 5.69 Å². The summed E-state index contributed by atoms with van der Waals surface area (Å²) in [5.41, 5.74) is 0.353. The van der Waals surface area contributed by atoms with Crippen LogP contribution in [0.5, 0.6) is 0 Å². The number of esters is 1. The lowest BCUT2D eigenvalue weighted by Gasteiger charge is -2.17. The molecule has 0 aliphatic carbocycles. The fourth-order valence-electron chi connectivity index (χ4n) is 3.22. The molecule has 8 heteroatoms. The minimum absolute atomic E-state index is 0.255. The second kappa shape index (κ2) is 8.77. The molecule has 0 radical (unpaired) electrons. The molecule has 2 aromatic carbocycles. The third kappa shape index (κ3) is 4.03. The molecule has 1 atom stereocenters. The molecule has 3 rings (SSSR count). The van der Waals surface area contributed by atoms with Gasteiger partial charge in [-0.05, 0) is 49.7 Å². The Morgan fingerprint density at radius 1 is 1.07 bits per heavy atom. The molecule has 0 bridgehead atoms. The SMILES string of the molecule is CCC(C)n1c(=O)c2ccccc2n(CC(=O)Nc2ccc(C(=O)OC)cc2)c1=O. The maximum absolute atomic E-state index is 13.0. The first-order valence-electron chi connectivity index (χ1n) is 9.59. The lowest BCUT2D eigenvalue weighted by molar-refractivity contribution is -0.116. The topological polar surface area (TPSA) is 99.4 Å². The van der Waals surface area contributed by atoms with E-state index in [9.17, 15) is 19.2 Å². The molecular weight excluding hydrogens is 386 g/mol. The van der Waals surface area contributed by atoms with Gasteiger partial charge < -0.3 is 10.1 Å². The van der Waals surface area contributed by atoms with Crippen LogP contribution >= 0.6 is 0 Å². The van der Waals surface area contributed by atoms with Crippen LogP contribution in [-0.2, 0) is 16.1 Å². The molecule has 1 aromatic heterocycles.